The van der Waals surface area contributed by atoms with E-state index in [1.165, 1.54) is 4.90 Å². The van der Waals surface area contributed by atoms with Gasteiger partial charge in [-0.25, -0.2) is 0 Å². The molecule has 0 aliphatic carbocycles. The fourth-order valence-corrected chi connectivity index (χ4v) is 5.69. The second kappa shape index (κ2) is 29.9. The first-order valence-electron chi connectivity index (χ1n) is 20.6. The van der Waals surface area contributed by atoms with Crippen molar-refractivity contribution in [2.45, 2.75) is 119 Å². The van der Waals surface area contributed by atoms with E-state index in [1.54, 1.807) is 41.7 Å². The quantitative estimate of drug-likeness (QED) is 0.0469. The Morgan fingerprint density at radius 2 is 1.24 bits per heavy atom. The summed E-state index contributed by atoms with van der Waals surface area (Å²) < 4.78 is 51.7. The molecule has 0 heterocycles. The van der Waals surface area contributed by atoms with Crippen molar-refractivity contribution in [2.75, 3.05) is 85.3 Å². The second-order valence-electron chi connectivity index (χ2n) is 17.0. The lowest BCUT2D eigenvalue weighted by molar-refractivity contribution is -0.136. The van der Waals surface area contributed by atoms with Gasteiger partial charge in [-0.15, -0.1) is 0 Å². The van der Waals surface area contributed by atoms with Gasteiger partial charge in [-0.2, -0.15) is 8.42 Å². The third kappa shape index (κ3) is 30.5. The lowest BCUT2D eigenvalue weighted by Crippen LogP contribution is -2.55. The lowest BCUT2D eigenvalue weighted by atomic mass is 9.84. The summed E-state index contributed by atoms with van der Waals surface area (Å²) >= 11 is 0. The smallest absolute Gasteiger partial charge is 0.266 e. The normalized spacial score (nSPS) is 13.1. The van der Waals surface area contributed by atoms with E-state index >= 15 is 0 Å². The topological polar surface area (TPSA) is 245 Å². The van der Waals surface area contributed by atoms with Crippen molar-refractivity contribution < 1.29 is 60.7 Å². The minimum atomic E-state index is -4.24. The average molecular weight is 866 g/mol. The van der Waals surface area contributed by atoms with E-state index in [0.717, 1.165) is 0 Å². The molecule has 2 atom stereocenters. The molecule has 0 fully saturated rings. The first kappa shape index (κ1) is 55.8. The SMILES string of the molecule is COCCOCCOCCOCCC(=O)NCCCC[C@H](NC(=O)[C@@H](NC(=O)CCN(CCC(C)(C)C)C(=O)CCC(=O)NCCS(=O)(=O)O)C(C)C)C(=O)C(C)(C)C. The highest BCUT2D eigenvalue weighted by atomic mass is 32.2. The predicted molar refractivity (Wildman–Crippen MR) is 223 cm³/mol. The molecule has 0 unspecified atom stereocenters. The third-order valence-corrected chi connectivity index (χ3v) is 9.59. The van der Waals surface area contributed by atoms with Crippen molar-refractivity contribution in [2.24, 2.45) is 16.7 Å². The molecule has 344 valence electrons. The Morgan fingerprint density at radius 1 is 0.678 bits per heavy atom. The average Bonchev–Trinajstić information content (AvgIpc) is 3.12. The molecule has 0 spiro atoms. The monoisotopic (exact) mass is 866 g/mol. The molecule has 0 saturated heterocycles. The Hall–Kier alpha value is -3.23. The largest absolute Gasteiger partial charge is 0.382 e. The maximum Gasteiger partial charge on any atom is 0.266 e. The number of rotatable bonds is 33. The van der Waals surface area contributed by atoms with Gasteiger partial charge >= 0.3 is 0 Å². The van der Waals surface area contributed by atoms with Gasteiger partial charge in [-0.05, 0) is 37.0 Å². The first-order chi connectivity index (χ1) is 27.5. The molecule has 0 aromatic carbocycles. The van der Waals surface area contributed by atoms with E-state index in [0.29, 0.717) is 78.4 Å². The van der Waals surface area contributed by atoms with Crippen LogP contribution in [0.25, 0.3) is 0 Å². The highest BCUT2D eigenvalue weighted by molar-refractivity contribution is 7.85. The minimum Gasteiger partial charge on any atom is -0.382 e. The maximum absolute atomic E-state index is 13.6. The summed E-state index contributed by atoms with van der Waals surface area (Å²) in [5.74, 6) is -3.20. The molecular weight excluding hydrogens is 791 g/mol. The van der Waals surface area contributed by atoms with Crippen molar-refractivity contribution in [1.29, 1.82) is 0 Å². The van der Waals surface area contributed by atoms with Crippen molar-refractivity contribution >= 4 is 45.4 Å². The number of ether oxygens (including phenoxy) is 4. The van der Waals surface area contributed by atoms with Gasteiger partial charge < -0.3 is 45.1 Å². The zero-order chi connectivity index (χ0) is 45.1. The molecule has 0 aromatic rings. The molecule has 0 saturated carbocycles. The molecule has 18 nitrogen and oxygen atoms in total. The minimum absolute atomic E-state index is 0.0354. The molecule has 59 heavy (non-hydrogen) atoms. The fraction of sp³-hybridized carbons (Fsp3) is 0.850. The number of Topliss-reactive ketones (excluding diaryl/α,β-unsaturated/α-hetero) is 1. The van der Waals surface area contributed by atoms with Crippen molar-refractivity contribution in [3.8, 4) is 0 Å². The van der Waals surface area contributed by atoms with Crippen molar-refractivity contribution in [3.05, 3.63) is 0 Å². The van der Waals surface area contributed by atoms with Gasteiger partial charge in [0, 0.05) is 64.4 Å². The van der Waals surface area contributed by atoms with Crippen LogP contribution in [-0.4, -0.2) is 151 Å². The molecule has 0 aliphatic rings. The van der Waals surface area contributed by atoms with Crippen LogP contribution in [0, 0.1) is 16.7 Å². The molecule has 5 amide bonds. The highest BCUT2D eigenvalue weighted by Gasteiger charge is 2.33. The highest BCUT2D eigenvalue weighted by Crippen LogP contribution is 2.21. The zero-order valence-corrected chi connectivity index (χ0v) is 37.9. The first-order valence-corrected chi connectivity index (χ1v) is 22.2. The van der Waals surface area contributed by atoms with Crippen LogP contribution >= 0.6 is 0 Å². The Kier molecular flexibility index (Phi) is 28.3. The van der Waals surface area contributed by atoms with Gasteiger partial charge in [-0.3, -0.25) is 33.3 Å². The Balaban J connectivity index is 5.08. The number of hydrogen-bond acceptors (Lipinski definition) is 12. The number of nitrogens with zero attached hydrogens (tertiary/aromatic N) is 1. The van der Waals surface area contributed by atoms with E-state index in [4.69, 9.17) is 23.5 Å². The van der Waals surface area contributed by atoms with E-state index in [-0.39, 0.29) is 74.3 Å². The van der Waals surface area contributed by atoms with E-state index < -0.39 is 51.1 Å². The van der Waals surface area contributed by atoms with Gasteiger partial charge in [0.1, 0.15) is 6.04 Å². The van der Waals surface area contributed by atoms with Gasteiger partial charge in [0.05, 0.1) is 58.0 Å². The van der Waals surface area contributed by atoms with Crippen LogP contribution in [0.2, 0.25) is 0 Å². The van der Waals surface area contributed by atoms with Crippen LogP contribution in [0.15, 0.2) is 0 Å². The lowest BCUT2D eigenvalue weighted by Gasteiger charge is -2.29. The summed E-state index contributed by atoms with van der Waals surface area (Å²) in [4.78, 5) is 79.3. The molecular formula is C40H75N5O13S. The number of amides is 5. The maximum atomic E-state index is 13.6. The van der Waals surface area contributed by atoms with E-state index in [1.807, 2.05) is 20.8 Å². The number of nitrogens with one attached hydrogen (secondary N) is 4. The van der Waals surface area contributed by atoms with Gasteiger partial charge in [0.25, 0.3) is 10.1 Å². The van der Waals surface area contributed by atoms with E-state index in [9.17, 15) is 37.2 Å². The number of ketones is 1. The van der Waals surface area contributed by atoms with Gasteiger partial charge in [0.15, 0.2) is 5.78 Å². The van der Waals surface area contributed by atoms with Gasteiger partial charge in [-0.1, -0.05) is 55.4 Å². The number of hydrogen-bond donors (Lipinski definition) is 5. The van der Waals surface area contributed by atoms with Gasteiger partial charge in [0.2, 0.25) is 29.5 Å². The number of unbranched alkanes of at least 4 members (excludes halogenated alkanes) is 1. The summed E-state index contributed by atoms with van der Waals surface area (Å²) in [5.41, 5.74) is -0.883. The molecule has 0 bridgehead atoms. The summed E-state index contributed by atoms with van der Waals surface area (Å²) in [7, 11) is -2.64. The molecule has 0 radical (unpaired) electrons. The number of carbonyl (C=O) groups excluding carboxylic acids is 6. The summed E-state index contributed by atoms with van der Waals surface area (Å²) in [6.07, 6.45) is 1.76. The van der Waals surface area contributed by atoms with Crippen LogP contribution < -0.4 is 21.3 Å². The number of methoxy groups -OCH3 is 1. The predicted octanol–water partition coefficient (Wildman–Crippen LogP) is 2.04. The van der Waals surface area contributed by atoms with E-state index in [2.05, 4.69) is 21.3 Å². The molecule has 5 N–H and O–H groups in total. The summed E-state index contributed by atoms with van der Waals surface area (Å²) in [5, 5.41) is 10.8. The van der Waals surface area contributed by atoms with Crippen LogP contribution in [0.5, 0.6) is 0 Å². The fourth-order valence-electron chi connectivity index (χ4n) is 5.33. The Labute approximate surface area is 352 Å². The molecule has 0 aromatic heterocycles. The van der Waals surface area contributed by atoms with Crippen molar-refractivity contribution in [3.63, 3.8) is 0 Å². The Bertz CT molecular complexity index is 1380. The van der Waals surface area contributed by atoms with Crippen LogP contribution in [0.4, 0.5) is 0 Å². The molecule has 0 aliphatic heterocycles. The van der Waals surface area contributed by atoms with Crippen LogP contribution in [0.3, 0.4) is 0 Å². The Morgan fingerprint density at radius 3 is 1.78 bits per heavy atom. The number of carbonyl (C=O) groups is 6. The van der Waals surface area contributed by atoms with Crippen LogP contribution in [-0.2, 0) is 57.8 Å². The standard InChI is InChI=1S/C40H75N5O13S/c1-30(2)36(44-34(48)15-20-45(21-17-39(3,4)5)35(49)14-13-32(46)42-19-29-59(52,53)54)38(51)43-31(37(50)40(6,7)8)12-10-11-18-41-33(47)16-22-56-25-26-58-28-27-57-24-23-55-9/h30-31,36H,10-29H2,1-9H3,(H,41,47)(H,42,46)(H,43,51)(H,44,48)(H,52,53,54)/t31-,36-/m0/s1. The molecule has 0 rings (SSSR count). The third-order valence-electron chi connectivity index (χ3n) is 8.87. The summed E-state index contributed by atoms with van der Waals surface area (Å²) in [6, 6.07) is -1.78. The van der Waals surface area contributed by atoms with Crippen LogP contribution in [0.1, 0.15) is 107 Å². The van der Waals surface area contributed by atoms with Crippen molar-refractivity contribution in [1.82, 2.24) is 26.2 Å². The molecule has 19 heteroatoms. The summed E-state index contributed by atoms with van der Waals surface area (Å²) in [6.45, 7) is 18.3. The second-order valence-corrected chi connectivity index (χ2v) is 18.5. The zero-order valence-electron chi connectivity index (χ0n) is 37.1.